The quantitative estimate of drug-likeness (QED) is 0.859. The molecular weight excluding hydrogens is 298 g/mol. The first kappa shape index (κ1) is 14.9. The molecule has 2 rings (SSSR count). The summed E-state index contributed by atoms with van der Waals surface area (Å²) in [5.41, 5.74) is 2.10. The molecule has 0 aliphatic rings. The average Bonchev–Trinajstić information content (AvgIpc) is 2.46. The van der Waals surface area contributed by atoms with Crippen LogP contribution in [0.5, 0.6) is 0 Å². The molecule has 106 valence electrons. The van der Waals surface area contributed by atoms with Crippen molar-refractivity contribution in [2.45, 2.75) is 24.8 Å². The molecule has 0 aliphatic carbocycles. The summed E-state index contributed by atoms with van der Waals surface area (Å²) in [6.45, 7) is 2.28. The van der Waals surface area contributed by atoms with Crippen molar-refractivity contribution in [2.75, 3.05) is 0 Å². The zero-order valence-electron chi connectivity index (χ0n) is 10.9. The van der Waals surface area contributed by atoms with Gasteiger partial charge >= 0.3 is 0 Å². The van der Waals surface area contributed by atoms with Gasteiger partial charge in [-0.15, -0.1) is 0 Å². The number of rotatable bonds is 5. The third-order valence-corrected chi connectivity index (χ3v) is 4.36. The molecule has 0 saturated carbocycles. The number of hydrogen-bond donors (Lipinski definition) is 1. The molecule has 5 nitrogen and oxygen atoms in total. The normalized spacial score (nSPS) is 11.5. The fraction of sp³-hybridized carbons (Fsp3) is 0.231. The van der Waals surface area contributed by atoms with Crippen LogP contribution in [0.2, 0.25) is 5.28 Å². The van der Waals surface area contributed by atoms with Gasteiger partial charge in [0.15, 0.2) is 0 Å². The van der Waals surface area contributed by atoms with Crippen molar-refractivity contribution in [3.05, 3.63) is 53.1 Å². The van der Waals surface area contributed by atoms with Crippen molar-refractivity contribution < 1.29 is 8.42 Å². The van der Waals surface area contributed by atoms with Crippen molar-refractivity contribution in [3.8, 4) is 0 Å². The van der Waals surface area contributed by atoms with Crippen LogP contribution >= 0.6 is 11.6 Å². The van der Waals surface area contributed by atoms with Gasteiger partial charge in [0.1, 0.15) is 4.90 Å². The van der Waals surface area contributed by atoms with Gasteiger partial charge in [-0.05, 0) is 29.1 Å². The highest BCUT2D eigenvalue weighted by Gasteiger charge is 2.14. The number of benzene rings is 1. The van der Waals surface area contributed by atoms with E-state index in [1.165, 1.54) is 18.0 Å². The highest BCUT2D eigenvalue weighted by molar-refractivity contribution is 7.89. The second kappa shape index (κ2) is 6.30. The zero-order chi connectivity index (χ0) is 14.6. The maximum Gasteiger partial charge on any atom is 0.243 e. The molecule has 0 radical (unpaired) electrons. The lowest BCUT2D eigenvalue weighted by molar-refractivity contribution is 0.580. The molecular formula is C13H14ClN3O2S. The van der Waals surface area contributed by atoms with Crippen LogP contribution < -0.4 is 4.72 Å². The van der Waals surface area contributed by atoms with Gasteiger partial charge in [0.2, 0.25) is 15.3 Å². The third kappa shape index (κ3) is 3.75. The van der Waals surface area contributed by atoms with E-state index < -0.39 is 10.0 Å². The Kier molecular flexibility index (Phi) is 4.69. The highest BCUT2D eigenvalue weighted by Crippen LogP contribution is 2.10. The van der Waals surface area contributed by atoms with Crippen molar-refractivity contribution in [3.63, 3.8) is 0 Å². The monoisotopic (exact) mass is 311 g/mol. The minimum atomic E-state index is -3.62. The predicted molar refractivity (Wildman–Crippen MR) is 76.9 cm³/mol. The average molecular weight is 312 g/mol. The van der Waals surface area contributed by atoms with Crippen molar-refractivity contribution in [2.24, 2.45) is 0 Å². The summed E-state index contributed by atoms with van der Waals surface area (Å²) in [5, 5.41) is 0.0131. The minimum absolute atomic E-state index is 0.00733. The van der Waals surface area contributed by atoms with Gasteiger partial charge in [-0.25, -0.2) is 23.1 Å². The fourth-order valence-corrected chi connectivity index (χ4v) is 2.60. The van der Waals surface area contributed by atoms with E-state index in [9.17, 15) is 8.42 Å². The molecule has 0 fully saturated rings. The molecule has 1 aromatic carbocycles. The van der Waals surface area contributed by atoms with E-state index >= 15 is 0 Å². The van der Waals surface area contributed by atoms with Crippen molar-refractivity contribution >= 4 is 21.6 Å². The SMILES string of the molecule is CCc1ccc(CNS(=O)(=O)c2cnc(Cl)nc2)cc1. The van der Waals surface area contributed by atoms with Gasteiger partial charge in [-0.2, -0.15) is 0 Å². The molecule has 0 amide bonds. The van der Waals surface area contributed by atoms with E-state index in [1.54, 1.807) is 0 Å². The molecule has 0 saturated heterocycles. The summed E-state index contributed by atoms with van der Waals surface area (Å²) >= 11 is 5.53. The lowest BCUT2D eigenvalue weighted by atomic mass is 10.1. The Morgan fingerprint density at radius 1 is 1.10 bits per heavy atom. The van der Waals surface area contributed by atoms with E-state index in [2.05, 4.69) is 21.6 Å². The zero-order valence-corrected chi connectivity index (χ0v) is 12.4. The molecule has 1 N–H and O–H groups in total. The second-order valence-electron chi connectivity index (χ2n) is 4.18. The van der Waals surface area contributed by atoms with Gasteiger partial charge < -0.3 is 0 Å². The maximum atomic E-state index is 12.0. The minimum Gasteiger partial charge on any atom is -0.225 e. The first-order valence-corrected chi connectivity index (χ1v) is 7.92. The first-order valence-electron chi connectivity index (χ1n) is 6.06. The van der Waals surface area contributed by atoms with Crippen molar-refractivity contribution in [1.82, 2.24) is 14.7 Å². The number of nitrogens with one attached hydrogen (secondary N) is 1. The van der Waals surface area contributed by atoms with Crippen LogP contribution in [0.4, 0.5) is 0 Å². The molecule has 2 aromatic rings. The van der Waals surface area contributed by atoms with Crippen molar-refractivity contribution in [1.29, 1.82) is 0 Å². The Hall–Kier alpha value is -1.50. The Morgan fingerprint density at radius 2 is 1.65 bits per heavy atom. The summed E-state index contributed by atoms with van der Waals surface area (Å²) in [4.78, 5) is 7.31. The van der Waals surface area contributed by atoms with Gasteiger partial charge in [0, 0.05) is 6.54 Å². The lowest BCUT2D eigenvalue weighted by Crippen LogP contribution is -2.23. The van der Waals surface area contributed by atoms with Gasteiger partial charge in [0.05, 0.1) is 12.4 Å². The van der Waals surface area contributed by atoms with E-state index in [0.717, 1.165) is 12.0 Å². The van der Waals surface area contributed by atoms with Gasteiger partial charge in [0.25, 0.3) is 0 Å². The fourth-order valence-electron chi connectivity index (χ4n) is 1.59. The Morgan fingerprint density at radius 3 is 2.20 bits per heavy atom. The Labute approximate surface area is 123 Å². The summed E-state index contributed by atoms with van der Waals surface area (Å²) in [6.07, 6.45) is 3.31. The summed E-state index contributed by atoms with van der Waals surface area (Å²) in [7, 11) is -3.62. The van der Waals surface area contributed by atoms with Crippen LogP contribution in [0.3, 0.4) is 0 Å². The molecule has 1 aromatic heterocycles. The van der Waals surface area contributed by atoms with Crippen LogP contribution in [-0.4, -0.2) is 18.4 Å². The van der Waals surface area contributed by atoms with E-state index in [4.69, 9.17) is 11.6 Å². The number of halogens is 1. The van der Waals surface area contributed by atoms with Crippen LogP contribution in [0, 0.1) is 0 Å². The van der Waals surface area contributed by atoms with Crippen LogP contribution in [0.15, 0.2) is 41.6 Å². The van der Waals surface area contributed by atoms with Crippen LogP contribution in [0.25, 0.3) is 0 Å². The topological polar surface area (TPSA) is 72.0 Å². The number of nitrogens with zero attached hydrogens (tertiary/aromatic N) is 2. The van der Waals surface area contributed by atoms with Gasteiger partial charge in [-0.1, -0.05) is 31.2 Å². The maximum absolute atomic E-state index is 12.0. The summed E-state index contributed by atoms with van der Waals surface area (Å²) in [5.74, 6) is 0. The molecule has 7 heteroatoms. The van der Waals surface area contributed by atoms with E-state index in [-0.39, 0.29) is 16.7 Å². The number of aromatic nitrogens is 2. The smallest absolute Gasteiger partial charge is 0.225 e. The van der Waals surface area contributed by atoms with Crippen LogP contribution in [-0.2, 0) is 23.0 Å². The largest absolute Gasteiger partial charge is 0.243 e. The molecule has 1 heterocycles. The second-order valence-corrected chi connectivity index (χ2v) is 6.29. The van der Waals surface area contributed by atoms with E-state index in [0.29, 0.717) is 0 Å². The number of hydrogen-bond acceptors (Lipinski definition) is 4. The Balaban J connectivity index is 2.06. The summed E-state index contributed by atoms with van der Waals surface area (Å²) in [6, 6.07) is 7.77. The highest BCUT2D eigenvalue weighted by atomic mass is 35.5. The third-order valence-electron chi connectivity index (χ3n) is 2.80. The molecule has 0 unspecified atom stereocenters. The number of aryl methyl sites for hydroxylation is 1. The standard InChI is InChI=1S/C13H14ClN3O2S/c1-2-10-3-5-11(6-4-10)7-17-20(18,19)12-8-15-13(14)16-9-12/h3-6,8-9,17H,2,7H2,1H3. The molecule has 0 aliphatic heterocycles. The first-order chi connectivity index (χ1) is 9.51. The molecule has 0 bridgehead atoms. The van der Waals surface area contributed by atoms with E-state index in [1.807, 2.05) is 24.3 Å². The molecule has 0 spiro atoms. The number of sulfonamides is 1. The predicted octanol–water partition coefficient (Wildman–Crippen LogP) is 2.17. The Bertz CT molecular complexity index is 670. The molecule has 20 heavy (non-hydrogen) atoms. The van der Waals surface area contributed by atoms with Crippen LogP contribution in [0.1, 0.15) is 18.1 Å². The lowest BCUT2D eigenvalue weighted by Gasteiger charge is -2.07. The van der Waals surface area contributed by atoms with Gasteiger partial charge in [-0.3, -0.25) is 0 Å². The summed E-state index contributed by atoms with van der Waals surface area (Å²) < 4.78 is 26.5. The molecule has 0 atom stereocenters.